The monoisotopic (exact) mass is 411 g/mol. The number of rotatable bonds is 4. The molecule has 0 fully saturated rings. The van der Waals surface area contributed by atoms with E-state index in [4.69, 9.17) is 9.92 Å². The average Bonchev–Trinajstić information content (AvgIpc) is 2.58. The molecule has 3 N–H and O–H groups in total. The van der Waals surface area contributed by atoms with Crippen LogP contribution in [0, 0.1) is 12.7 Å². The first-order valence-corrected chi connectivity index (χ1v) is 10.4. The second kappa shape index (κ2) is 6.48. The van der Waals surface area contributed by atoms with E-state index in [2.05, 4.69) is 0 Å². The standard InChI is InChI=1S/C17H14FNO6S2/c1-10-16(18)13(19)9-15(26(20,21)22)17(10)27(23,24)25-14-8-4-6-11-5-2-3-7-12(11)14/h2-9H,19H2,1H3,(H,20,21,22). The molecule has 0 atom stereocenters. The Morgan fingerprint density at radius 2 is 1.67 bits per heavy atom. The van der Waals surface area contributed by atoms with E-state index in [1.165, 1.54) is 6.07 Å². The highest BCUT2D eigenvalue weighted by Gasteiger charge is 2.32. The molecule has 0 aliphatic rings. The van der Waals surface area contributed by atoms with Gasteiger partial charge in [0.25, 0.3) is 10.1 Å². The van der Waals surface area contributed by atoms with Crippen molar-refractivity contribution in [2.75, 3.05) is 5.73 Å². The Labute approximate surface area is 155 Å². The molecule has 0 aliphatic carbocycles. The van der Waals surface area contributed by atoms with Crippen molar-refractivity contribution in [3.63, 3.8) is 0 Å². The van der Waals surface area contributed by atoms with Gasteiger partial charge in [0.05, 0.1) is 5.69 Å². The Hall–Kier alpha value is -2.69. The smallest absolute Gasteiger partial charge is 0.341 e. The maximum Gasteiger partial charge on any atom is 0.341 e. The number of nitrogens with two attached hydrogens (primary N) is 1. The molecule has 0 amide bonds. The molecule has 7 nitrogen and oxygen atoms in total. The molecule has 0 spiro atoms. The zero-order valence-corrected chi connectivity index (χ0v) is 15.5. The van der Waals surface area contributed by atoms with Gasteiger partial charge in [-0.2, -0.15) is 16.8 Å². The van der Waals surface area contributed by atoms with Crippen LogP contribution in [0.4, 0.5) is 10.1 Å². The highest BCUT2D eigenvalue weighted by molar-refractivity contribution is 7.89. The molecule has 0 heterocycles. The molecular formula is C17H14FNO6S2. The molecule has 10 heteroatoms. The summed E-state index contributed by atoms with van der Waals surface area (Å²) in [5.41, 5.74) is 4.17. The molecule has 0 unspecified atom stereocenters. The summed E-state index contributed by atoms with van der Waals surface area (Å²) in [5, 5.41) is 1.13. The summed E-state index contributed by atoms with van der Waals surface area (Å²) in [7, 11) is -9.84. The van der Waals surface area contributed by atoms with E-state index in [1.807, 2.05) is 0 Å². The zero-order valence-electron chi connectivity index (χ0n) is 13.9. The van der Waals surface area contributed by atoms with Crippen molar-refractivity contribution in [1.29, 1.82) is 0 Å². The Kier molecular flexibility index (Phi) is 4.58. The van der Waals surface area contributed by atoms with Crippen LogP contribution in [0.15, 0.2) is 58.3 Å². The van der Waals surface area contributed by atoms with E-state index in [0.29, 0.717) is 16.8 Å². The third-order valence-electron chi connectivity index (χ3n) is 3.91. The Balaban J connectivity index is 2.26. The molecule has 142 valence electrons. The number of hydrogen-bond acceptors (Lipinski definition) is 6. The Morgan fingerprint density at radius 1 is 1.04 bits per heavy atom. The third kappa shape index (κ3) is 3.46. The van der Waals surface area contributed by atoms with Crippen molar-refractivity contribution in [3.8, 4) is 5.75 Å². The van der Waals surface area contributed by atoms with Gasteiger partial charge in [-0.1, -0.05) is 36.4 Å². The van der Waals surface area contributed by atoms with Crippen LogP contribution in [-0.4, -0.2) is 21.4 Å². The predicted octanol–water partition coefficient (Wildman–Crippen LogP) is 2.88. The van der Waals surface area contributed by atoms with Crippen LogP contribution in [0.5, 0.6) is 5.75 Å². The minimum absolute atomic E-state index is 0.0778. The van der Waals surface area contributed by atoms with E-state index in [9.17, 15) is 25.8 Å². The minimum Gasteiger partial charge on any atom is -0.396 e. The van der Waals surface area contributed by atoms with E-state index in [-0.39, 0.29) is 5.75 Å². The lowest BCUT2D eigenvalue weighted by atomic mass is 10.1. The van der Waals surface area contributed by atoms with Crippen molar-refractivity contribution in [3.05, 3.63) is 59.9 Å². The first-order chi connectivity index (χ1) is 12.5. The lowest BCUT2D eigenvalue weighted by Gasteiger charge is -2.15. The third-order valence-corrected chi connectivity index (χ3v) is 6.34. The van der Waals surface area contributed by atoms with Gasteiger partial charge in [-0.15, -0.1) is 0 Å². The lowest BCUT2D eigenvalue weighted by Crippen LogP contribution is -2.18. The van der Waals surface area contributed by atoms with Crippen LogP contribution in [0.25, 0.3) is 10.8 Å². The summed E-state index contributed by atoms with van der Waals surface area (Å²) in [4.78, 5) is -2.07. The van der Waals surface area contributed by atoms with Crippen LogP contribution in [-0.2, 0) is 20.2 Å². The summed E-state index contributed by atoms with van der Waals surface area (Å²) < 4.78 is 77.5. The zero-order chi connectivity index (χ0) is 20.0. The SMILES string of the molecule is Cc1c(F)c(N)cc(S(=O)(=O)O)c1S(=O)(=O)Oc1cccc2ccccc12. The number of fused-ring (bicyclic) bond motifs is 1. The topological polar surface area (TPSA) is 124 Å². The van der Waals surface area contributed by atoms with Crippen LogP contribution >= 0.6 is 0 Å². The lowest BCUT2D eigenvalue weighted by molar-refractivity contribution is 0.467. The molecule has 3 aromatic carbocycles. The van der Waals surface area contributed by atoms with E-state index < -0.39 is 47.1 Å². The largest absolute Gasteiger partial charge is 0.396 e. The van der Waals surface area contributed by atoms with Crippen molar-refractivity contribution in [1.82, 2.24) is 0 Å². The molecule has 0 bridgehead atoms. The Bertz CT molecular complexity index is 1260. The highest BCUT2D eigenvalue weighted by Crippen LogP contribution is 2.34. The van der Waals surface area contributed by atoms with Crippen LogP contribution in [0.1, 0.15) is 5.56 Å². The van der Waals surface area contributed by atoms with Gasteiger partial charge in [0, 0.05) is 10.9 Å². The molecule has 27 heavy (non-hydrogen) atoms. The predicted molar refractivity (Wildman–Crippen MR) is 97.1 cm³/mol. The normalized spacial score (nSPS) is 12.3. The van der Waals surface area contributed by atoms with Crippen LogP contribution in [0.2, 0.25) is 0 Å². The first-order valence-electron chi connectivity index (χ1n) is 7.50. The summed E-state index contributed by atoms with van der Waals surface area (Å²) >= 11 is 0. The molecule has 3 rings (SSSR count). The van der Waals surface area contributed by atoms with Gasteiger partial charge in [-0.3, -0.25) is 4.55 Å². The van der Waals surface area contributed by atoms with Gasteiger partial charge in [-0.25, -0.2) is 4.39 Å². The number of nitrogen functional groups attached to an aromatic ring is 1. The van der Waals surface area contributed by atoms with E-state index in [0.717, 1.165) is 6.92 Å². The molecule has 0 aromatic heterocycles. The maximum absolute atomic E-state index is 14.2. The van der Waals surface area contributed by atoms with Gasteiger partial charge in [-0.05, 0) is 24.4 Å². The summed E-state index contributed by atoms with van der Waals surface area (Å²) in [6.45, 7) is 1.03. The molecule has 0 aliphatic heterocycles. The van der Waals surface area contributed by atoms with Crippen molar-refractivity contribution in [2.45, 2.75) is 16.7 Å². The Morgan fingerprint density at radius 3 is 2.33 bits per heavy atom. The molecule has 0 saturated heterocycles. The van der Waals surface area contributed by atoms with Crippen molar-refractivity contribution < 1.29 is 30.0 Å². The fourth-order valence-electron chi connectivity index (χ4n) is 2.70. The molecule has 3 aromatic rings. The molecule has 0 radical (unpaired) electrons. The second-order valence-electron chi connectivity index (χ2n) is 5.72. The number of benzene rings is 3. The van der Waals surface area contributed by atoms with E-state index >= 15 is 0 Å². The van der Waals surface area contributed by atoms with Crippen molar-refractivity contribution in [2.24, 2.45) is 0 Å². The second-order valence-corrected chi connectivity index (χ2v) is 8.59. The highest BCUT2D eigenvalue weighted by atomic mass is 32.2. The fourth-order valence-corrected chi connectivity index (χ4v) is 5.22. The van der Waals surface area contributed by atoms with Gasteiger partial charge in [0.2, 0.25) is 0 Å². The fraction of sp³-hybridized carbons (Fsp3) is 0.0588. The maximum atomic E-state index is 14.2. The summed E-state index contributed by atoms with van der Waals surface area (Å²) in [6.07, 6.45) is 0. The summed E-state index contributed by atoms with van der Waals surface area (Å²) in [6, 6.07) is 11.9. The van der Waals surface area contributed by atoms with Gasteiger partial charge in [0.15, 0.2) is 5.75 Å². The number of hydrogen-bond donors (Lipinski definition) is 2. The van der Waals surface area contributed by atoms with Crippen LogP contribution in [0.3, 0.4) is 0 Å². The first kappa shape index (κ1) is 19.1. The van der Waals surface area contributed by atoms with Crippen molar-refractivity contribution >= 4 is 36.7 Å². The molecule has 0 saturated carbocycles. The van der Waals surface area contributed by atoms with Gasteiger partial charge in [0.1, 0.15) is 15.6 Å². The average molecular weight is 411 g/mol. The van der Waals surface area contributed by atoms with Crippen LogP contribution < -0.4 is 9.92 Å². The van der Waals surface area contributed by atoms with Gasteiger partial charge < -0.3 is 9.92 Å². The minimum atomic E-state index is -5.02. The van der Waals surface area contributed by atoms with Gasteiger partial charge >= 0.3 is 10.1 Å². The summed E-state index contributed by atoms with van der Waals surface area (Å²) in [5.74, 6) is -1.20. The molecular weight excluding hydrogens is 397 g/mol. The quantitative estimate of drug-likeness (QED) is 0.384. The number of halogens is 1. The van der Waals surface area contributed by atoms with E-state index in [1.54, 1.807) is 36.4 Å². The number of anilines is 1.